The summed E-state index contributed by atoms with van der Waals surface area (Å²) in [5, 5.41) is 5.05. The van der Waals surface area contributed by atoms with E-state index in [9.17, 15) is 23.2 Å². The molecule has 0 radical (unpaired) electrons. The molecule has 0 aromatic heterocycles. The van der Waals surface area contributed by atoms with Crippen molar-refractivity contribution in [2.75, 3.05) is 23.8 Å². The third-order valence-electron chi connectivity index (χ3n) is 3.63. The van der Waals surface area contributed by atoms with Crippen LogP contribution in [0.15, 0.2) is 60.0 Å². The lowest BCUT2D eigenvalue weighted by atomic mass is 10.2. The predicted octanol–water partition coefficient (Wildman–Crippen LogP) is 2.37. The maximum absolute atomic E-state index is 13.1. The molecule has 1 amide bonds. The van der Waals surface area contributed by atoms with Gasteiger partial charge in [0.25, 0.3) is 5.91 Å². The number of para-hydroxylation sites is 1. The number of anilines is 2. The lowest BCUT2D eigenvalue weighted by molar-refractivity contribution is -0.144. The molecule has 2 aromatic rings. The number of ether oxygens (including phenoxy) is 2. The van der Waals surface area contributed by atoms with Crippen LogP contribution in [-0.2, 0) is 23.9 Å². The molecule has 144 valence electrons. The molecule has 2 N–H and O–H groups in total. The average Bonchev–Trinajstić information content (AvgIpc) is 3.04. The lowest BCUT2D eigenvalue weighted by Gasteiger charge is -2.09. The van der Waals surface area contributed by atoms with Gasteiger partial charge in [0.2, 0.25) is 11.7 Å². The minimum absolute atomic E-state index is 0.00845. The summed E-state index contributed by atoms with van der Waals surface area (Å²) >= 11 is 0. The van der Waals surface area contributed by atoms with Gasteiger partial charge in [-0.15, -0.1) is 0 Å². The Balaban J connectivity index is 1.62. The number of hydrogen-bond acceptors (Lipinski definition) is 6. The van der Waals surface area contributed by atoms with E-state index in [1.165, 1.54) is 0 Å². The highest BCUT2D eigenvalue weighted by Crippen LogP contribution is 2.20. The van der Waals surface area contributed by atoms with Gasteiger partial charge in [-0.25, -0.2) is 13.6 Å². The van der Waals surface area contributed by atoms with Gasteiger partial charge in [-0.2, -0.15) is 0 Å². The zero-order chi connectivity index (χ0) is 20.1. The Labute approximate surface area is 157 Å². The summed E-state index contributed by atoms with van der Waals surface area (Å²) in [7, 11) is 0. The van der Waals surface area contributed by atoms with Gasteiger partial charge in [0.05, 0.1) is 0 Å². The van der Waals surface area contributed by atoms with Gasteiger partial charge in [0.1, 0.15) is 0 Å². The number of halogens is 2. The quantitative estimate of drug-likeness (QED) is 0.583. The zero-order valence-corrected chi connectivity index (χ0v) is 14.3. The van der Waals surface area contributed by atoms with E-state index in [0.717, 1.165) is 18.2 Å². The molecule has 28 heavy (non-hydrogen) atoms. The average molecular weight is 388 g/mol. The van der Waals surface area contributed by atoms with Crippen molar-refractivity contribution >= 4 is 29.0 Å². The highest BCUT2D eigenvalue weighted by Gasteiger charge is 2.32. The van der Waals surface area contributed by atoms with E-state index in [2.05, 4.69) is 10.6 Å². The van der Waals surface area contributed by atoms with E-state index in [1.807, 2.05) is 0 Å². The second kappa shape index (κ2) is 8.30. The largest absolute Gasteiger partial charge is 0.470 e. The second-order valence-corrected chi connectivity index (χ2v) is 5.66. The van der Waals surface area contributed by atoms with Crippen LogP contribution in [0.2, 0.25) is 0 Å². The fraction of sp³-hybridized carbons (Fsp3) is 0.105. The van der Waals surface area contributed by atoms with Gasteiger partial charge in [0.15, 0.2) is 30.4 Å². The van der Waals surface area contributed by atoms with Gasteiger partial charge in [0, 0.05) is 17.4 Å². The Kier molecular flexibility index (Phi) is 5.64. The van der Waals surface area contributed by atoms with E-state index in [4.69, 9.17) is 9.47 Å². The van der Waals surface area contributed by atoms with Crippen molar-refractivity contribution < 1.29 is 32.6 Å². The first-order valence-corrected chi connectivity index (χ1v) is 8.08. The second-order valence-electron chi connectivity index (χ2n) is 5.66. The third kappa shape index (κ3) is 4.50. The number of carbonyl (C=O) groups is 3. The Morgan fingerprint density at radius 2 is 1.79 bits per heavy atom. The normalized spacial score (nSPS) is 13.1. The maximum Gasteiger partial charge on any atom is 0.347 e. The molecule has 3 rings (SSSR count). The van der Waals surface area contributed by atoms with Crippen LogP contribution in [0, 0.1) is 11.6 Å². The van der Waals surface area contributed by atoms with Gasteiger partial charge in [-0.1, -0.05) is 18.2 Å². The summed E-state index contributed by atoms with van der Waals surface area (Å²) in [6.07, 6.45) is 0. The van der Waals surface area contributed by atoms with E-state index in [1.54, 1.807) is 30.3 Å². The van der Waals surface area contributed by atoms with Crippen LogP contribution in [0.3, 0.4) is 0 Å². The fourth-order valence-corrected chi connectivity index (χ4v) is 2.34. The molecule has 1 aliphatic rings. The first-order valence-electron chi connectivity index (χ1n) is 8.08. The molecule has 0 spiro atoms. The summed E-state index contributed by atoms with van der Waals surface area (Å²) in [6.45, 7) is -1.06. The Morgan fingerprint density at radius 3 is 2.50 bits per heavy atom. The van der Waals surface area contributed by atoms with Crippen molar-refractivity contribution in [3.8, 4) is 0 Å². The van der Waals surface area contributed by atoms with Crippen molar-refractivity contribution in [1.82, 2.24) is 0 Å². The summed E-state index contributed by atoms with van der Waals surface area (Å²) in [5.41, 5.74) is 0.240. The Bertz CT molecular complexity index is 960. The van der Waals surface area contributed by atoms with Crippen LogP contribution in [0.5, 0.6) is 0 Å². The van der Waals surface area contributed by atoms with Crippen molar-refractivity contribution in [3.63, 3.8) is 0 Å². The van der Waals surface area contributed by atoms with Crippen molar-refractivity contribution in [1.29, 1.82) is 0 Å². The van der Waals surface area contributed by atoms with Crippen LogP contribution >= 0.6 is 0 Å². The fourth-order valence-electron chi connectivity index (χ4n) is 2.34. The number of carbonyl (C=O) groups excluding carboxylic acids is 3. The molecule has 0 unspecified atom stereocenters. The zero-order valence-electron chi connectivity index (χ0n) is 14.3. The van der Waals surface area contributed by atoms with Gasteiger partial charge in [-0.3, -0.25) is 9.59 Å². The van der Waals surface area contributed by atoms with Gasteiger partial charge < -0.3 is 20.1 Å². The molecule has 0 saturated heterocycles. The Hall–Kier alpha value is -3.75. The number of esters is 1. The molecular formula is C19H14F2N2O5. The highest BCUT2D eigenvalue weighted by atomic mass is 19.2. The number of rotatable bonds is 6. The summed E-state index contributed by atoms with van der Waals surface area (Å²) < 4.78 is 36.0. The predicted molar refractivity (Wildman–Crippen MR) is 94.0 cm³/mol. The molecule has 2 aromatic carbocycles. The highest BCUT2D eigenvalue weighted by molar-refractivity contribution is 6.20. The van der Waals surface area contributed by atoms with Crippen LogP contribution in [0.1, 0.15) is 0 Å². The number of benzene rings is 2. The topological polar surface area (TPSA) is 93.7 Å². The molecule has 0 aliphatic carbocycles. The summed E-state index contributed by atoms with van der Waals surface area (Å²) in [4.78, 5) is 36.0. The molecule has 0 saturated carbocycles. The molecule has 0 bridgehead atoms. The minimum Gasteiger partial charge on any atom is -0.470 e. The van der Waals surface area contributed by atoms with E-state index < -0.39 is 35.9 Å². The molecule has 0 fully saturated rings. The van der Waals surface area contributed by atoms with E-state index in [0.29, 0.717) is 5.69 Å². The monoisotopic (exact) mass is 388 g/mol. The van der Waals surface area contributed by atoms with Crippen LogP contribution in [0.25, 0.3) is 0 Å². The lowest BCUT2D eigenvalue weighted by Crippen LogP contribution is -2.24. The number of amides is 1. The Morgan fingerprint density at radius 1 is 1.04 bits per heavy atom. The molecule has 0 atom stereocenters. The van der Waals surface area contributed by atoms with Crippen molar-refractivity contribution in [2.45, 2.75) is 0 Å². The number of hydrogen-bond donors (Lipinski definition) is 2. The molecule has 9 heteroatoms. The molecule has 1 aliphatic heterocycles. The minimum atomic E-state index is -1.13. The maximum atomic E-state index is 13.1. The molecule has 1 heterocycles. The van der Waals surface area contributed by atoms with Crippen LogP contribution in [0.4, 0.5) is 20.2 Å². The summed E-state index contributed by atoms with van der Waals surface area (Å²) in [5.74, 6) is -4.68. The standard InChI is InChI=1S/C19H14F2N2O5/c20-13-7-6-12(8-14(13)21)22-16(25)10-28-19(26)17-15(24)9-27-18(17)23-11-4-2-1-3-5-11/h1-8,23H,9-10H2,(H,22,25). The van der Waals surface area contributed by atoms with E-state index >= 15 is 0 Å². The number of ketones is 1. The number of Topliss-reactive ketones (excluding diaryl/α,β-unsaturated/α-hetero) is 1. The van der Waals surface area contributed by atoms with Crippen LogP contribution in [-0.4, -0.2) is 30.9 Å². The van der Waals surface area contributed by atoms with Crippen LogP contribution < -0.4 is 10.6 Å². The first kappa shape index (κ1) is 19.0. The first-order chi connectivity index (χ1) is 13.4. The van der Waals surface area contributed by atoms with E-state index in [-0.39, 0.29) is 23.8 Å². The molecular weight excluding hydrogens is 374 g/mol. The van der Waals surface area contributed by atoms with Gasteiger partial charge >= 0.3 is 5.97 Å². The molecule has 7 nitrogen and oxygen atoms in total. The SMILES string of the molecule is O=C(COC(=O)C1=C(Nc2ccccc2)OCC1=O)Nc1ccc(F)c(F)c1. The smallest absolute Gasteiger partial charge is 0.347 e. The van der Waals surface area contributed by atoms with Crippen molar-refractivity contribution in [2.24, 2.45) is 0 Å². The number of nitrogens with one attached hydrogen (secondary N) is 2. The summed E-state index contributed by atoms with van der Waals surface area (Å²) in [6, 6.07) is 11.5. The van der Waals surface area contributed by atoms with Crippen molar-refractivity contribution in [3.05, 3.63) is 71.6 Å². The van der Waals surface area contributed by atoms with Gasteiger partial charge in [-0.05, 0) is 24.3 Å². The third-order valence-corrected chi connectivity index (χ3v) is 3.63.